The second kappa shape index (κ2) is 5.30. The molecule has 0 aliphatic carbocycles. The molecule has 0 saturated heterocycles. The van der Waals surface area contributed by atoms with E-state index in [0.717, 1.165) is 33.6 Å². The maximum absolute atomic E-state index is 9.96. The van der Waals surface area contributed by atoms with Crippen molar-refractivity contribution in [2.45, 2.75) is 6.92 Å². The second-order valence-electron chi connectivity index (χ2n) is 5.63. The number of fused-ring (bicyclic) bond motifs is 1. The maximum Gasteiger partial charge on any atom is 0.138 e. The molecule has 1 heterocycles. The van der Waals surface area contributed by atoms with Crippen LogP contribution in [-0.2, 0) is 0 Å². The van der Waals surface area contributed by atoms with Crippen LogP contribution in [-0.4, -0.2) is 31.3 Å². The minimum Gasteiger partial charge on any atom is -0.506 e. The fourth-order valence-corrected chi connectivity index (χ4v) is 2.76. The first kappa shape index (κ1) is 14.3. The predicted molar refractivity (Wildman–Crippen MR) is 91.0 cm³/mol. The van der Waals surface area contributed by atoms with Crippen LogP contribution in [0.3, 0.4) is 0 Å². The van der Waals surface area contributed by atoms with Crippen LogP contribution in [0.4, 0.5) is 5.69 Å². The van der Waals surface area contributed by atoms with Gasteiger partial charge in [0.05, 0.1) is 12.8 Å². The molecule has 0 atom stereocenters. The topological polar surface area (TPSA) is 48.5 Å². The van der Waals surface area contributed by atoms with Gasteiger partial charge in [0.1, 0.15) is 11.5 Å². The number of nitrogens with one attached hydrogen (secondary N) is 1. The smallest absolute Gasteiger partial charge is 0.138 e. The highest BCUT2D eigenvalue weighted by atomic mass is 16.5. The molecule has 2 aromatic carbocycles. The molecule has 0 aliphatic heterocycles. The van der Waals surface area contributed by atoms with Crippen molar-refractivity contribution in [1.82, 2.24) is 4.98 Å². The third kappa shape index (κ3) is 2.26. The van der Waals surface area contributed by atoms with E-state index in [-0.39, 0.29) is 5.75 Å². The van der Waals surface area contributed by atoms with Gasteiger partial charge in [-0.15, -0.1) is 0 Å². The van der Waals surface area contributed by atoms with Crippen molar-refractivity contribution in [1.29, 1.82) is 0 Å². The molecule has 2 N–H and O–H groups in total. The number of hydrogen-bond donors (Lipinski definition) is 2. The van der Waals surface area contributed by atoms with Gasteiger partial charge in [-0.2, -0.15) is 0 Å². The first-order chi connectivity index (χ1) is 10.5. The Kier molecular flexibility index (Phi) is 3.45. The lowest BCUT2D eigenvalue weighted by atomic mass is 10.1. The number of aromatic nitrogens is 1. The van der Waals surface area contributed by atoms with E-state index in [4.69, 9.17) is 4.74 Å². The number of rotatable bonds is 3. The number of aromatic hydroxyl groups is 1. The van der Waals surface area contributed by atoms with Crippen molar-refractivity contribution in [2.24, 2.45) is 0 Å². The SMILES string of the molecule is COc1ccc2[nH]c(-c3ccc(O)c(N(C)C)c3)c(C)c2c1. The van der Waals surface area contributed by atoms with Crippen LogP contribution >= 0.6 is 0 Å². The number of nitrogens with zero attached hydrogens (tertiary/aromatic N) is 1. The van der Waals surface area contributed by atoms with Gasteiger partial charge in [0, 0.05) is 36.3 Å². The Balaban J connectivity index is 2.18. The largest absolute Gasteiger partial charge is 0.506 e. The Hall–Kier alpha value is -2.62. The van der Waals surface area contributed by atoms with Gasteiger partial charge >= 0.3 is 0 Å². The molecule has 1 aromatic heterocycles. The molecule has 3 rings (SSSR count). The molecule has 3 aromatic rings. The van der Waals surface area contributed by atoms with Gasteiger partial charge in [0.25, 0.3) is 0 Å². The van der Waals surface area contributed by atoms with E-state index in [1.165, 1.54) is 5.56 Å². The molecule has 0 spiro atoms. The molecular weight excluding hydrogens is 276 g/mol. The number of H-pyrrole nitrogens is 1. The van der Waals surface area contributed by atoms with Gasteiger partial charge in [0.2, 0.25) is 0 Å². The first-order valence-corrected chi connectivity index (χ1v) is 7.18. The monoisotopic (exact) mass is 296 g/mol. The Labute approximate surface area is 130 Å². The van der Waals surface area contributed by atoms with E-state index in [2.05, 4.69) is 11.9 Å². The summed E-state index contributed by atoms with van der Waals surface area (Å²) in [5.74, 6) is 1.13. The number of benzene rings is 2. The van der Waals surface area contributed by atoms with Crippen molar-refractivity contribution in [3.63, 3.8) is 0 Å². The van der Waals surface area contributed by atoms with Crippen LogP contribution in [0, 0.1) is 6.92 Å². The highest BCUT2D eigenvalue weighted by Gasteiger charge is 2.13. The summed E-state index contributed by atoms with van der Waals surface area (Å²) in [5.41, 5.74) is 5.16. The first-order valence-electron chi connectivity index (χ1n) is 7.18. The van der Waals surface area contributed by atoms with Gasteiger partial charge in [0.15, 0.2) is 0 Å². The number of ether oxygens (including phenoxy) is 1. The van der Waals surface area contributed by atoms with Crippen LogP contribution in [0.15, 0.2) is 36.4 Å². The van der Waals surface area contributed by atoms with E-state index in [1.54, 1.807) is 13.2 Å². The maximum atomic E-state index is 9.96. The van der Waals surface area contributed by atoms with Crippen molar-refractivity contribution >= 4 is 16.6 Å². The summed E-state index contributed by atoms with van der Waals surface area (Å²) in [6.07, 6.45) is 0. The van der Waals surface area contributed by atoms with E-state index in [9.17, 15) is 5.11 Å². The Bertz CT molecular complexity index is 834. The summed E-state index contributed by atoms with van der Waals surface area (Å²) in [5, 5.41) is 11.1. The van der Waals surface area contributed by atoms with Crippen LogP contribution < -0.4 is 9.64 Å². The predicted octanol–water partition coefficient (Wildman–Crippen LogP) is 3.92. The van der Waals surface area contributed by atoms with Gasteiger partial charge in [-0.25, -0.2) is 0 Å². The molecule has 0 saturated carbocycles. The molecule has 0 aliphatic rings. The van der Waals surface area contributed by atoms with Crippen LogP contribution in [0.1, 0.15) is 5.56 Å². The van der Waals surface area contributed by atoms with Crippen LogP contribution in [0.2, 0.25) is 0 Å². The number of aryl methyl sites for hydroxylation is 1. The van der Waals surface area contributed by atoms with E-state index >= 15 is 0 Å². The lowest BCUT2D eigenvalue weighted by Gasteiger charge is -2.15. The molecule has 114 valence electrons. The highest BCUT2D eigenvalue weighted by molar-refractivity contribution is 5.92. The minimum absolute atomic E-state index is 0.282. The number of hydrogen-bond acceptors (Lipinski definition) is 3. The van der Waals surface area contributed by atoms with Gasteiger partial charge < -0.3 is 19.7 Å². The summed E-state index contributed by atoms with van der Waals surface area (Å²) in [4.78, 5) is 5.36. The van der Waals surface area contributed by atoms with Crippen molar-refractivity contribution in [3.8, 4) is 22.8 Å². The highest BCUT2D eigenvalue weighted by Crippen LogP contribution is 2.35. The molecule has 4 heteroatoms. The summed E-state index contributed by atoms with van der Waals surface area (Å²) < 4.78 is 5.30. The fourth-order valence-electron chi connectivity index (χ4n) is 2.76. The molecular formula is C18H20N2O2. The number of phenols is 1. The van der Waals surface area contributed by atoms with Crippen LogP contribution in [0.5, 0.6) is 11.5 Å². The zero-order chi connectivity index (χ0) is 15.9. The van der Waals surface area contributed by atoms with Crippen LogP contribution in [0.25, 0.3) is 22.2 Å². The van der Waals surface area contributed by atoms with Crippen molar-refractivity contribution in [3.05, 3.63) is 42.0 Å². The van der Waals surface area contributed by atoms with E-state index in [0.29, 0.717) is 0 Å². The van der Waals surface area contributed by atoms with Gasteiger partial charge in [-0.3, -0.25) is 0 Å². The number of methoxy groups -OCH3 is 1. The average molecular weight is 296 g/mol. The minimum atomic E-state index is 0.282. The number of phenolic OH excluding ortho intramolecular Hbond substituents is 1. The third-order valence-electron chi connectivity index (χ3n) is 4.01. The number of aromatic amines is 1. The molecule has 4 nitrogen and oxygen atoms in total. The second-order valence-corrected chi connectivity index (χ2v) is 5.63. The zero-order valence-electron chi connectivity index (χ0n) is 13.3. The zero-order valence-corrected chi connectivity index (χ0v) is 13.3. The average Bonchev–Trinajstić information content (AvgIpc) is 2.84. The van der Waals surface area contributed by atoms with Gasteiger partial charge in [-0.05, 0) is 48.9 Å². The standard InChI is InChI=1S/C18H20N2O2/c1-11-14-10-13(22-4)6-7-15(14)19-18(11)12-5-8-17(21)16(9-12)20(2)3/h5-10,19,21H,1-4H3. The van der Waals surface area contributed by atoms with Gasteiger partial charge in [-0.1, -0.05) is 0 Å². The normalized spacial score (nSPS) is 10.9. The quantitative estimate of drug-likeness (QED) is 0.770. The lowest BCUT2D eigenvalue weighted by Crippen LogP contribution is -2.08. The Morgan fingerprint density at radius 2 is 1.86 bits per heavy atom. The fraction of sp³-hybridized carbons (Fsp3) is 0.222. The molecule has 0 bridgehead atoms. The Morgan fingerprint density at radius 3 is 2.55 bits per heavy atom. The van der Waals surface area contributed by atoms with E-state index < -0.39 is 0 Å². The summed E-state index contributed by atoms with van der Waals surface area (Å²) >= 11 is 0. The molecule has 22 heavy (non-hydrogen) atoms. The molecule has 0 fully saturated rings. The summed E-state index contributed by atoms with van der Waals surface area (Å²) in [6.45, 7) is 2.09. The summed E-state index contributed by atoms with van der Waals surface area (Å²) in [6, 6.07) is 11.7. The van der Waals surface area contributed by atoms with Crippen molar-refractivity contribution < 1.29 is 9.84 Å². The lowest BCUT2D eigenvalue weighted by molar-refractivity contribution is 0.415. The van der Waals surface area contributed by atoms with E-state index in [1.807, 2.05) is 49.3 Å². The molecule has 0 radical (unpaired) electrons. The molecule has 0 amide bonds. The number of anilines is 1. The van der Waals surface area contributed by atoms with Crippen molar-refractivity contribution in [2.75, 3.05) is 26.1 Å². The summed E-state index contributed by atoms with van der Waals surface area (Å²) in [7, 11) is 5.51. The molecule has 0 unspecified atom stereocenters. The third-order valence-corrected chi connectivity index (χ3v) is 4.01. The Morgan fingerprint density at radius 1 is 1.09 bits per heavy atom.